The fourth-order valence-corrected chi connectivity index (χ4v) is 3.08. The molecule has 1 aliphatic rings. The lowest BCUT2D eigenvalue weighted by Crippen LogP contribution is -2.18. The Hall–Kier alpha value is -1.60. The maximum absolute atomic E-state index is 12.7. The second kappa shape index (κ2) is 6.26. The molecule has 1 aromatic carbocycles. The Balaban J connectivity index is 1.70. The minimum absolute atomic E-state index is 0.195. The summed E-state index contributed by atoms with van der Waals surface area (Å²) in [6.07, 6.45) is -2.05. The van der Waals surface area contributed by atoms with E-state index >= 15 is 0 Å². The number of rotatable bonds is 4. The average Bonchev–Trinajstić information content (AvgIpc) is 3.16. The number of nitrogens with one attached hydrogen (secondary N) is 1. The van der Waals surface area contributed by atoms with Gasteiger partial charge in [-0.25, -0.2) is 4.98 Å². The van der Waals surface area contributed by atoms with E-state index < -0.39 is 11.7 Å². The van der Waals surface area contributed by atoms with Gasteiger partial charge in [0.15, 0.2) is 5.13 Å². The molecule has 0 spiro atoms. The Labute approximate surface area is 130 Å². The van der Waals surface area contributed by atoms with Crippen LogP contribution < -0.4 is 5.32 Å². The first-order valence-corrected chi connectivity index (χ1v) is 7.89. The molecule has 1 atom stereocenters. The Morgan fingerprint density at radius 3 is 2.95 bits per heavy atom. The van der Waals surface area contributed by atoms with E-state index in [0.29, 0.717) is 22.9 Å². The lowest BCUT2D eigenvalue weighted by Gasteiger charge is -2.09. The topological polar surface area (TPSA) is 34.1 Å². The SMILES string of the molecule is FC(F)(F)c1cccc(-c2csc(NC[C@H]3CCCO3)n2)c1. The number of anilines is 1. The monoisotopic (exact) mass is 328 g/mol. The van der Waals surface area contributed by atoms with Crippen LogP contribution in [0.15, 0.2) is 29.6 Å². The van der Waals surface area contributed by atoms with Crippen LogP contribution in [-0.4, -0.2) is 24.2 Å². The molecule has 0 aliphatic carbocycles. The molecule has 7 heteroatoms. The summed E-state index contributed by atoms with van der Waals surface area (Å²) in [6.45, 7) is 1.47. The van der Waals surface area contributed by atoms with Crippen LogP contribution in [0.3, 0.4) is 0 Å². The number of halogens is 3. The second-order valence-corrected chi connectivity index (χ2v) is 5.99. The first kappa shape index (κ1) is 15.3. The molecule has 1 aromatic heterocycles. The van der Waals surface area contributed by atoms with Gasteiger partial charge in [-0.1, -0.05) is 12.1 Å². The highest BCUT2D eigenvalue weighted by atomic mass is 32.1. The average molecular weight is 328 g/mol. The van der Waals surface area contributed by atoms with Crippen LogP contribution in [0.2, 0.25) is 0 Å². The molecule has 0 amide bonds. The van der Waals surface area contributed by atoms with E-state index in [0.717, 1.165) is 31.6 Å². The fraction of sp³-hybridized carbons (Fsp3) is 0.400. The Morgan fingerprint density at radius 1 is 1.36 bits per heavy atom. The van der Waals surface area contributed by atoms with Gasteiger partial charge in [0.1, 0.15) is 0 Å². The molecule has 1 saturated heterocycles. The predicted molar refractivity (Wildman–Crippen MR) is 80.0 cm³/mol. The molecular formula is C15H15F3N2OS. The van der Waals surface area contributed by atoms with Gasteiger partial charge in [0.05, 0.1) is 17.4 Å². The van der Waals surface area contributed by atoms with Gasteiger partial charge in [0.2, 0.25) is 0 Å². The van der Waals surface area contributed by atoms with Gasteiger partial charge in [-0.3, -0.25) is 0 Å². The predicted octanol–water partition coefficient (Wildman–Crippen LogP) is 4.42. The van der Waals surface area contributed by atoms with Gasteiger partial charge in [-0.05, 0) is 25.0 Å². The van der Waals surface area contributed by atoms with Crippen molar-refractivity contribution in [3.8, 4) is 11.3 Å². The Bertz CT molecular complexity index is 636. The molecular weight excluding hydrogens is 313 g/mol. The van der Waals surface area contributed by atoms with E-state index in [2.05, 4.69) is 10.3 Å². The third-order valence-electron chi connectivity index (χ3n) is 3.49. The minimum Gasteiger partial charge on any atom is -0.376 e. The number of hydrogen-bond acceptors (Lipinski definition) is 4. The van der Waals surface area contributed by atoms with E-state index in [-0.39, 0.29) is 6.10 Å². The molecule has 1 fully saturated rings. The molecule has 0 saturated carbocycles. The molecule has 2 heterocycles. The highest BCUT2D eigenvalue weighted by molar-refractivity contribution is 7.14. The van der Waals surface area contributed by atoms with Crippen molar-refractivity contribution >= 4 is 16.5 Å². The van der Waals surface area contributed by atoms with E-state index in [1.54, 1.807) is 11.4 Å². The van der Waals surface area contributed by atoms with Crippen LogP contribution in [0, 0.1) is 0 Å². The molecule has 2 aromatic rings. The van der Waals surface area contributed by atoms with Crippen LogP contribution in [0.4, 0.5) is 18.3 Å². The number of alkyl halides is 3. The highest BCUT2D eigenvalue weighted by Gasteiger charge is 2.30. The Kier molecular flexibility index (Phi) is 4.35. The number of benzene rings is 1. The minimum atomic E-state index is -4.34. The number of hydrogen-bond donors (Lipinski definition) is 1. The third kappa shape index (κ3) is 3.59. The molecule has 22 heavy (non-hydrogen) atoms. The van der Waals surface area contributed by atoms with Crippen molar-refractivity contribution < 1.29 is 17.9 Å². The normalized spacial score (nSPS) is 18.6. The van der Waals surface area contributed by atoms with Crippen molar-refractivity contribution in [1.29, 1.82) is 0 Å². The summed E-state index contributed by atoms with van der Waals surface area (Å²) >= 11 is 1.38. The smallest absolute Gasteiger partial charge is 0.376 e. The lowest BCUT2D eigenvalue weighted by molar-refractivity contribution is -0.137. The van der Waals surface area contributed by atoms with Gasteiger partial charge < -0.3 is 10.1 Å². The maximum Gasteiger partial charge on any atom is 0.416 e. The first-order valence-electron chi connectivity index (χ1n) is 7.01. The maximum atomic E-state index is 12.7. The summed E-state index contributed by atoms with van der Waals surface area (Å²) in [5.41, 5.74) is 0.356. The highest BCUT2D eigenvalue weighted by Crippen LogP contribution is 2.33. The Morgan fingerprint density at radius 2 is 2.23 bits per heavy atom. The second-order valence-electron chi connectivity index (χ2n) is 5.13. The van der Waals surface area contributed by atoms with Gasteiger partial charge in [0.25, 0.3) is 0 Å². The van der Waals surface area contributed by atoms with Gasteiger partial charge in [-0.2, -0.15) is 13.2 Å². The number of ether oxygens (including phenoxy) is 1. The summed E-state index contributed by atoms with van der Waals surface area (Å²) in [7, 11) is 0. The lowest BCUT2D eigenvalue weighted by atomic mass is 10.1. The zero-order chi connectivity index (χ0) is 15.6. The summed E-state index contributed by atoms with van der Waals surface area (Å²) in [6, 6.07) is 5.22. The van der Waals surface area contributed by atoms with Crippen LogP contribution in [-0.2, 0) is 10.9 Å². The first-order chi connectivity index (χ1) is 10.5. The molecule has 0 bridgehead atoms. The van der Waals surface area contributed by atoms with Crippen LogP contribution >= 0.6 is 11.3 Å². The molecule has 0 unspecified atom stereocenters. The molecule has 0 radical (unpaired) electrons. The van der Waals surface area contributed by atoms with E-state index in [1.165, 1.54) is 17.4 Å². The fourth-order valence-electron chi connectivity index (χ4n) is 2.35. The molecule has 1 aliphatic heterocycles. The molecule has 118 valence electrons. The van der Waals surface area contributed by atoms with Crippen molar-refractivity contribution in [1.82, 2.24) is 4.98 Å². The van der Waals surface area contributed by atoms with Crippen molar-refractivity contribution in [2.24, 2.45) is 0 Å². The number of thiazole rings is 1. The zero-order valence-electron chi connectivity index (χ0n) is 11.7. The standard InChI is InChI=1S/C15H15F3N2OS/c16-15(17,18)11-4-1-3-10(7-11)13-9-22-14(20-13)19-8-12-5-2-6-21-12/h1,3-4,7,9,12H,2,5-6,8H2,(H,19,20)/t12-/m1/s1. The summed E-state index contributed by atoms with van der Waals surface area (Å²) in [4.78, 5) is 4.35. The summed E-state index contributed by atoms with van der Waals surface area (Å²) < 4.78 is 43.7. The van der Waals surface area contributed by atoms with Crippen LogP contribution in [0.25, 0.3) is 11.3 Å². The van der Waals surface area contributed by atoms with Crippen LogP contribution in [0.5, 0.6) is 0 Å². The largest absolute Gasteiger partial charge is 0.416 e. The number of nitrogens with zero attached hydrogens (tertiary/aromatic N) is 1. The zero-order valence-corrected chi connectivity index (χ0v) is 12.5. The summed E-state index contributed by atoms with van der Waals surface area (Å²) in [5, 5.41) is 5.64. The van der Waals surface area contributed by atoms with Gasteiger partial charge in [0, 0.05) is 24.1 Å². The van der Waals surface area contributed by atoms with Crippen molar-refractivity contribution in [3.05, 3.63) is 35.2 Å². The molecule has 3 nitrogen and oxygen atoms in total. The van der Waals surface area contributed by atoms with Crippen molar-refractivity contribution in [3.63, 3.8) is 0 Å². The van der Waals surface area contributed by atoms with Crippen LogP contribution in [0.1, 0.15) is 18.4 Å². The summed E-state index contributed by atoms with van der Waals surface area (Å²) in [5.74, 6) is 0. The van der Waals surface area contributed by atoms with Gasteiger partial charge in [-0.15, -0.1) is 11.3 Å². The van der Waals surface area contributed by atoms with Gasteiger partial charge >= 0.3 is 6.18 Å². The third-order valence-corrected chi connectivity index (χ3v) is 4.29. The van der Waals surface area contributed by atoms with E-state index in [4.69, 9.17) is 4.74 Å². The molecule has 3 rings (SSSR count). The number of aromatic nitrogens is 1. The van der Waals surface area contributed by atoms with Crippen molar-refractivity contribution in [2.75, 3.05) is 18.5 Å². The molecule has 1 N–H and O–H groups in total. The quantitative estimate of drug-likeness (QED) is 0.902. The van der Waals surface area contributed by atoms with Crippen molar-refractivity contribution in [2.45, 2.75) is 25.1 Å². The van der Waals surface area contributed by atoms with E-state index in [9.17, 15) is 13.2 Å². The van der Waals surface area contributed by atoms with E-state index in [1.807, 2.05) is 0 Å².